The van der Waals surface area contributed by atoms with Gasteiger partial charge >= 0.3 is 7.12 Å². The molecule has 0 radical (unpaired) electrons. The van der Waals surface area contributed by atoms with Crippen molar-refractivity contribution in [2.24, 2.45) is 0 Å². The van der Waals surface area contributed by atoms with Crippen molar-refractivity contribution in [2.75, 3.05) is 4.90 Å². The topological polar surface area (TPSA) is 34.6 Å². The van der Waals surface area contributed by atoms with Crippen LogP contribution in [0.3, 0.4) is 0 Å². The number of para-hydroxylation sites is 2. The summed E-state index contributed by atoms with van der Waals surface area (Å²) in [4.78, 5) is 6.87. The second-order valence-corrected chi connectivity index (χ2v) is 8.04. The van der Waals surface area contributed by atoms with E-state index in [1.54, 1.807) is 0 Å². The molecule has 4 rings (SSSR count). The Morgan fingerprint density at radius 3 is 1.64 bits per heavy atom. The fourth-order valence-corrected chi connectivity index (χ4v) is 3.22. The van der Waals surface area contributed by atoms with Gasteiger partial charge < -0.3 is 9.31 Å². The molecule has 0 atom stereocenters. The Kier molecular flexibility index (Phi) is 4.73. The van der Waals surface area contributed by atoms with Gasteiger partial charge in [0, 0.05) is 23.0 Å². The van der Waals surface area contributed by atoms with E-state index in [0.717, 1.165) is 22.7 Å². The minimum absolute atomic E-state index is 0.365. The summed E-state index contributed by atoms with van der Waals surface area (Å²) in [6.45, 7) is 8.23. The lowest BCUT2D eigenvalue weighted by atomic mass is 9.80. The molecule has 1 saturated heterocycles. The van der Waals surface area contributed by atoms with Gasteiger partial charge in [0.05, 0.1) is 11.2 Å². The first-order valence-corrected chi connectivity index (χ1v) is 9.59. The van der Waals surface area contributed by atoms with Crippen LogP contribution in [0.2, 0.25) is 0 Å². The van der Waals surface area contributed by atoms with E-state index in [9.17, 15) is 0 Å². The Morgan fingerprint density at radius 2 is 1.21 bits per heavy atom. The molecule has 28 heavy (non-hydrogen) atoms. The Labute approximate surface area is 167 Å². The summed E-state index contributed by atoms with van der Waals surface area (Å²) in [5.74, 6) is 0.845. The first kappa shape index (κ1) is 18.7. The molecule has 1 aliphatic heterocycles. The van der Waals surface area contributed by atoms with Crippen molar-refractivity contribution >= 4 is 29.8 Å². The van der Waals surface area contributed by atoms with E-state index < -0.39 is 7.12 Å². The van der Waals surface area contributed by atoms with Crippen LogP contribution >= 0.6 is 0 Å². The lowest BCUT2D eigenvalue weighted by molar-refractivity contribution is 0.00578. The van der Waals surface area contributed by atoms with Crippen LogP contribution < -0.4 is 10.4 Å². The Balaban J connectivity index is 1.66. The molecular weight excluding hydrogens is 347 g/mol. The van der Waals surface area contributed by atoms with E-state index in [1.165, 1.54) is 0 Å². The van der Waals surface area contributed by atoms with Gasteiger partial charge in [-0.3, -0.25) is 4.90 Å². The van der Waals surface area contributed by atoms with Crippen LogP contribution in [0.5, 0.6) is 0 Å². The molecule has 0 amide bonds. The molecular formula is C23H25BN2O2. The van der Waals surface area contributed by atoms with Crippen molar-refractivity contribution < 1.29 is 9.31 Å². The second kappa shape index (κ2) is 7.08. The molecule has 1 aliphatic rings. The van der Waals surface area contributed by atoms with Gasteiger partial charge in [0.15, 0.2) is 0 Å². The fraction of sp³-hybridized carbons (Fsp3) is 0.261. The van der Waals surface area contributed by atoms with E-state index in [0.29, 0.717) is 0 Å². The molecule has 0 saturated carbocycles. The third-order valence-corrected chi connectivity index (χ3v) is 5.55. The number of pyridine rings is 1. The average molecular weight is 372 g/mol. The van der Waals surface area contributed by atoms with Crippen molar-refractivity contribution in [1.82, 2.24) is 4.98 Å². The maximum absolute atomic E-state index is 6.14. The number of benzene rings is 2. The maximum Gasteiger partial charge on any atom is 0.496 e. The standard InChI is InChI=1S/C23H25BN2O2/c1-22(2)23(3,4)28-24(27-22)18-15-16-21(25-17-18)26(19-11-7-5-8-12-19)20-13-9-6-10-14-20/h5-17H,1-4H3. The third-order valence-electron chi connectivity index (χ3n) is 5.55. The molecule has 0 spiro atoms. The largest absolute Gasteiger partial charge is 0.496 e. The number of nitrogens with zero attached hydrogens (tertiary/aromatic N) is 2. The number of hydrogen-bond donors (Lipinski definition) is 0. The highest BCUT2D eigenvalue weighted by Gasteiger charge is 2.51. The monoisotopic (exact) mass is 372 g/mol. The third kappa shape index (κ3) is 3.43. The number of rotatable bonds is 4. The summed E-state index contributed by atoms with van der Waals surface area (Å²) in [6, 6.07) is 24.5. The lowest BCUT2D eigenvalue weighted by Gasteiger charge is -2.32. The number of hydrogen-bond acceptors (Lipinski definition) is 4. The van der Waals surface area contributed by atoms with Gasteiger partial charge in [-0.2, -0.15) is 0 Å². The van der Waals surface area contributed by atoms with Crippen LogP contribution in [0.4, 0.5) is 17.2 Å². The summed E-state index contributed by atoms with van der Waals surface area (Å²) in [5, 5.41) is 0. The fourth-order valence-electron chi connectivity index (χ4n) is 3.22. The van der Waals surface area contributed by atoms with E-state index >= 15 is 0 Å². The zero-order chi connectivity index (χ0) is 19.8. The van der Waals surface area contributed by atoms with Gasteiger partial charge in [0.25, 0.3) is 0 Å². The molecule has 2 aromatic carbocycles. The number of aromatic nitrogens is 1. The van der Waals surface area contributed by atoms with Crippen LogP contribution in [0.15, 0.2) is 79.0 Å². The predicted molar refractivity (Wildman–Crippen MR) is 115 cm³/mol. The molecule has 0 N–H and O–H groups in total. The maximum atomic E-state index is 6.14. The molecule has 0 bridgehead atoms. The highest BCUT2D eigenvalue weighted by molar-refractivity contribution is 6.62. The second-order valence-electron chi connectivity index (χ2n) is 8.04. The van der Waals surface area contributed by atoms with Gasteiger partial charge in [-0.25, -0.2) is 4.98 Å². The van der Waals surface area contributed by atoms with Crippen LogP contribution in [-0.2, 0) is 9.31 Å². The summed E-state index contributed by atoms with van der Waals surface area (Å²) in [6.07, 6.45) is 1.84. The normalized spacial score (nSPS) is 17.5. The Morgan fingerprint density at radius 1 is 0.714 bits per heavy atom. The molecule has 0 aliphatic carbocycles. The average Bonchev–Trinajstić information content (AvgIpc) is 2.92. The summed E-state index contributed by atoms with van der Waals surface area (Å²) < 4.78 is 12.3. The molecule has 3 aromatic rings. The predicted octanol–water partition coefficient (Wildman–Crippen LogP) is 4.85. The smallest absolute Gasteiger partial charge is 0.399 e. The summed E-state index contributed by atoms with van der Waals surface area (Å²) >= 11 is 0. The van der Waals surface area contributed by atoms with Crippen molar-refractivity contribution in [3.8, 4) is 0 Å². The van der Waals surface area contributed by atoms with Gasteiger partial charge in [-0.05, 0) is 58.0 Å². The Hall–Kier alpha value is -2.63. The van der Waals surface area contributed by atoms with Gasteiger partial charge in [0.2, 0.25) is 0 Å². The summed E-state index contributed by atoms with van der Waals surface area (Å²) in [7, 11) is -0.409. The quantitative estimate of drug-likeness (QED) is 0.613. The van der Waals surface area contributed by atoms with Gasteiger partial charge in [-0.1, -0.05) is 42.5 Å². The van der Waals surface area contributed by atoms with E-state index in [2.05, 4.69) is 56.9 Å². The minimum Gasteiger partial charge on any atom is -0.399 e. The zero-order valence-corrected chi connectivity index (χ0v) is 16.8. The summed E-state index contributed by atoms with van der Waals surface area (Å²) in [5.41, 5.74) is 2.31. The molecule has 5 heteroatoms. The van der Waals surface area contributed by atoms with Crippen molar-refractivity contribution in [2.45, 2.75) is 38.9 Å². The molecule has 1 aromatic heterocycles. The molecule has 0 unspecified atom stereocenters. The highest BCUT2D eigenvalue weighted by atomic mass is 16.7. The van der Waals surface area contributed by atoms with E-state index in [1.807, 2.05) is 54.7 Å². The van der Waals surface area contributed by atoms with Crippen molar-refractivity contribution in [3.05, 3.63) is 79.0 Å². The Bertz CT molecular complexity index is 872. The van der Waals surface area contributed by atoms with Crippen molar-refractivity contribution in [1.29, 1.82) is 0 Å². The highest BCUT2D eigenvalue weighted by Crippen LogP contribution is 2.37. The van der Waals surface area contributed by atoms with Crippen molar-refractivity contribution in [3.63, 3.8) is 0 Å². The molecule has 142 valence electrons. The molecule has 1 fully saturated rings. The zero-order valence-electron chi connectivity index (χ0n) is 16.8. The van der Waals surface area contributed by atoms with Crippen LogP contribution in [0.1, 0.15) is 27.7 Å². The van der Waals surface area contributed by atoms with E-state index in [4.69, 9.17) is 14.3 Å². The molecule has 2 heterocycles. The SMILES string of the molecule is CC1(C)OB(c2ccc(N(c3ccccc3)c3ccccc3)nc2)OC1(C)C. The first-order valence-electron chi connectivity index (χ1n) is 9.59. The van der Waals surface area contributed by atoms with Gasteiger partial charge in [0.1, 0.15) is 5.82 Å². The van der Waals surface area contributed by atoms with E-state index in [-0.39, 0.29) is 11.2 Å². The van der Waals surface area contributed by atoms with Gasteiger partial charge in [-0.15, -0.1) is 0 Å². The minimum atomic E-state index is -0.409. The lowest BCUT2D eigenvalue weighted by Crippen LogP contribution is -2.41. The van der Waals surface area contributed by atoms with Crippen LogP contribution in [0.25, 0.3) is 0 Å². The molecule has 4 nitrogen and oxygen atoms in total. The van der Waals surface area contributed by atoms with Crippen LogP contribution in [-0.4, -0.2) is 23.3 Å². The number of anilines is 3. The van der Waals surface area contributed by atoms with Crippen LogP contribution in [0, 0.1) is 0 Å². The first-order chi connectivity index (χ1) is 13.4.